The summed E-state index contributed by atoms with van der Waals surface area (Å²) in [5.41, 5.74) is -2.58. The lowest BCUT2D eigenvalue weighted by Gasteiger charge is -2.47. The first-order chi connectivity index (χ1) is 9.66. The number of allylic oxidation sites excluding steroid dienone is 2. The van der Waals surface area contributed by atoms with Crippen molar-refractivity contribution < 1.29 is 24.2 Å². The number of carbonyl (C=O) groups excluding carboxylic acids is 3. The number of carbonyl (C=O) groups is 3. The highest BCUT2D eigenvalue weighted by molar-refractivity contribution is 6.03. The smallest absolute Gasteiger partial charge is 0.338 e. The Morgan fingerprint density at radius 3 is 2.67 bits per heavy atom. The summed E-state index contributed by atoms with van der Waals surface area (Å²) in [6.07, 6.45) is 4.07. The Balaban J connectivity index is 2.38. The highest BCUT2D eigenvalue weighted by Gasteiger charge is 2.57. The van der Waals surface area contributed by atoms with E-state index in [0.29, 0.717) is 12.8 Å². The van der Waals surface area contributed by atoms with Crippen LogP contribution in [0.15, 0.2) is 12.2 Å². The molecule has 2 rings (SSSR count). The molecule has 0 amide bonds. The molecule has 0 aromatic heterocycles. The minimum absolute atomic E-state index is 0.0462. The van der Waals surface area contributed by atoms with E-state index in [2.05, 4.69) is 4.74 Å². The van der Waals surface area contributed by atoms with E-state index >= 15 is 0 Å². The molecule has 21 heavy (non-hydrogen) atoms. The Morgan fingerprint density at radius 2 is 2.10 bits per heavy atom. The standard InChI is InChI=1S/C16H22O5/c1-9-5-6-11(17)15(2)8-7-10(13(18)12(9)15)16(3,20)14(19)21-4/h5-6,9-10,12,20H,7-8H2,1-4H3/t9-,10-,12-,15+,16+/m1/s1. The van der Waals surface area contributed by atoms with E-state index in [4.69, 9.17) is 0 Å². The monoisotopic (exact) mass is 294 g/mol. The maximum absolute atomic E-state index is 12.8. The van der Waals surface area contributed by atoms with Gasteiger partial charge in [-0.05, 0) is 31.8 Å². The first kappa shape index (κ1) is 15.9. The first-order valence-corrected chi connectivity index (χ1v) is 7.23. The van der Waals surface area contributed by atoms with Crippen molar-refractivity contribution in [1.29, 1.82) is 0 Å². The van der Waals surface area contributed by atoms with Gasteiger partial charge in [-0.25, -0.2) is 4.79 Å². The number of hydrogen-bond acceptors (Lipinski definition) is 5. The molecule has 1 N–H and O–H groups in total. The second kappa shape index (κ2) is 5.05. The van der Waals surface area contributed by atoms with Gasteiger partial charge in [-0.3, -0.25) is 9.59 Å². The van der Waals surface area contributed by atoms with E-state index in [0.717, 1.165) is 0 Å². The van der Waals surface area contributed by atoms with Gasteiger partial charge in [-0.2, -0.15) is 0 Å². The van der Waals surface area contributed by atoms with Crippen LogP contribution in [0.4, 0.5) is 0 Å². The number of Topliss-reactive ketones (excluding diaryl/α,β-unsaturated/α-hetero) is 1. The van der Waals surface area contributed by atoms with Gasteiger partial charge in [-0.15, -0.1) is 0 Å². The number of methoxy groups -OCH3 is 1. The minimum atomic E-state index is -1.85. The quantitative estimate of drug-likeness (QED) is 0.776. The normalized spacial score (nSPS) is 38.6. The van der Waals surface area contributed by atoms with E-state index in [9.17, 15) is 19.5 Å². The van der Waals surface area contributed by atoms with Crippen molar-refractivity contribution in [3.63, 3.8) is 0 Å². The summed E-state index contributed by atoms with van der Waals surface area (Å²) in [6.45, 7) is 5.01. The van der Waals surface area contributed by atoms with E-state index in [1.165, 1.54) is 14.0 Å². The van der Waals surface area contributed by atoms with Crippen molar-refractivity contribution in [2.45, 2.75) is 39.2 Å². The molecule has 0 aromatic rings. The summed E-state index contributed by atoms with van der Waals surface area (Å²) >= 11 is 0. The van der Waals surface area contributed by atoms with Gasteiger partial charge in [0.1, 0.15) is 5.78 Å². The SMILES string of the molecule is COC(=O)[C@@](C)(O)[C@@H]1CC[C@@]2(C)C(=O)C=C[C@@H](C)[C@@H]2C1=O. The fraction of sp³-hybridized carbons (Fsp3) is 0.688. The van der Waals surface area contributed by atoms with Crippen LogP contribution in [0.5, 0.6) is 0 Å². The van der Waals surface area contributed by atoms with Gasteiger partial charge >= 0.3 is 5.97 Å². The Morgan fingerprint density at radius 1 is 1.48 bits per heavy atom. The molecule has 0 aromatic carbocycles. The minimum Gasteiger partial charge on any atom is -0.467 e. The molecular weight excluding hydrogens is 272 g/mol. The second-order valence-corrected chi connectivity index (χ2v) is 6.61. The third kappa shape index (κ3) is 2.24. The number of hydrogen-bond donors (Lipinski definition) is 1. The lowest BCUT2D eigenvalue weighted by Crippen LogP contribution is -2.57. The van der Waals surface area contributed by atoms with Crippen LogP contribution in [0.2, 0.25) is 0 Å². The fourth-order valence-electron chi connectivity index (χ4n) is 3.84. The summed E-state index contributed by atoms with van der Waals surface area (Å²) in [6, 6.07) is 0. The summed E-state index contributed by atoms with van der Waals surface area (Å²) in [4.78, 5) is 36.8. The van der Waals surface area contributed by atoms with Gasteiger partial charge in [0.25, 0.3) is 0 Å². The van der Waals surface area contributed by atoms with Gasteiger partial charge in [-0.1, -0.05) is 19.9 Å². The van der Waals surface area contributed by atoms with E-state index in [1.54, 1.807) is 19.1 Å². The molecule has 1 fully saturated rings. The van der Waals surface area contributed by atoms with Crippen molar-refractivity contribution in [2.24, 2.45) is 23.2 Å². The largest absolute Gasteiger partial charge is 0.467 e. The maximum atomic E-state index is 12.8. The molecule has 0 unspecified atom stereocenters. The van der Waals surface area contributed by atoms with Gasteiger partial charge in [0.2, 0.25) is 0 Å². The molecule has 0 radical (unpaired) electrons. The Kier molecular flexibility index (Phi) is 3.82. The lowest BCUT2D eigenvalue weighted by molar-refractivity contribution is -0.175. The Hall–Kier alpha value is -1.49. The predicted octanol–water partition coefficient (Wildman–Crippen LogP) is 1.29. The molecule has 116 valence electrons. The molecule has 5 nitrogen and oxygen atoms in total. The molecule has 2 aliphatic rings. The van der Waals surface area contributed by atoms with Crippen LogP contribution in [0.25, 0.3) is 0 Å². The van der Waals surface area contributed by atoms with Crippen LogP contribution in [-0.2, 0) is 19.1 Å². The van der Waals surface area contributed by atoms with Crippen molar-refractivity contribution in [3.05, 3.63) is 12.2 Å². The third-order valence-corrected chi connectivity index (χ3v) is 5.21. The van der Waals surface area contributed by atoms with E-state index < -0.39 is 28.8 Å². The highest BCUT2D eigenvalue weighted by Crippen LogP contribution is 2.50. The van der Waals surface area contributed by atoms with Crippen molar-refractivity contribution in [2.75, 3.05) is 7.11 Å². The number of esters is 1. The van der Waals surface area contributed by atoms with Crippen molar-refractivity contribution in [3.8, 4) is 0 Å². The molecule has 1 saturated carbocycles. The second-order valence-electron chi connectivity index (χ2n) is 6.61. The molecule has 0 heterocycles. The molecule has 0 aliphatic heterocycles. The fourth-order valence-corrected chi connectivity index (χ4v) is 3.84. The van der Waals surface area contributed by atoms with Crippen LogP contribution < -0.4 is 0 Å². The highest BCUT2D eigenvalue weighted by atomic mass is 16.5. The molecule has 5 atom stereocenters. The third-order valence-electron chi connectivity index (χ3n) is 5.21. The van der Waals surface area contributed by atoms with Crippen molar-refractivity contribution >= 4 is 17.5 Å². The predicted molar refractivity (Wildman–Crippen MR) is 75.3 cm³/mol. The molecule has 5 heteroatoms. The average Bonchev–Trinajstić information content (AvgIpc) is 2.42. The van der Waals surface area contributed by atoms with Crippen LogP contribution >= 0.6 is 0 Å². The molecule has 0 bridgehead atoms. The topological polar surface area (TPSA) is 80.7 Å². The lowest BCUT2D eigenvalue weighted by atomic mass is 9.54. The number of ether oxygens (including phenoxy) is 1. The summed E-state index contributed by atoms with van der Waals surface area (Å²) in [7, 11) is 1.18. The summed E-state index contributed by atoms with van der Waals surface area (Å²) in [5.74, 6) is -2.49. The molecule has 0 saturated heterocycles. The Bertz CT molecular complexity index is 519. The zero-order chi connectivity index (χ0) is 16.0. The number of aliphatic hydroxyl groups is 1. The van der Waals surface area contributed by atoms with Crippen LogP contribution in [0.3, 0.4) is 0 Å². The number of fused-ring (bicyclic) bond motifs is 1. The Labute approximate surface area is 124 Å². The molecular formula is C16H22O5. The zero-order valence-corrected chi connectivity index (χ0v) is 12.9. The number of rotatable bonds is 2. The summed E-state index contributed by atoms with van der Waals surface area (Å²) < 4.78 is 4.60. The molecule has 2 aliphatic carbocycles. The van der Waals surface area contributed by atoms with E-state index in [-0.39, 0.29) is 17.5 Å². The molecule has 0 spiro atoms. The van der Waals surface area contributed by atoms with Crippen LogP contribution in [-0.4, -0.2) is 35.4 Å². The van der Waals surface area contributed by atoms with Crippen molar-refractivity contribution in [1.82, 2.24) is 0 Å². The van der Waals surface area contributed by atoms with Gasteiger partial charge in [0, 0.05) is 11.3 Å². The van der Waals surface area contributed by atoms with Crippen LogP contribution in [0, 0.1) is 23.2 Å². The zero-order valence-electron chi connectivity index (χ0n) is 12.9. The number of ketones is 2. The average molecular weight is 294 g/mol. The van der Waals surface area contributed by atoms with Gasteiger partial charge in [0.05, 0.1) is 13.0 Å². The first-order valence-electron chi connectivity index (χ1n) is 7.23. The van der Waals surface area contributed by atoms with Crippen LogP contribution in [0.1, 0.15) is 33.6 Å². The van der Waals surface area contributed by atoms with Gasteiger partial charge < -0.3 is 9.84 Å². The van der Waals surface area contributed by atoms with E-state index in [1.807, 2.05) is 6.92 Å². The summed E-state index contributed by atoms with van der Waals surface area (Å²) in [5, 5.41) is 10.4. The van der Waals surface area contributed by atoms with Gasteiger partial charge in [0.15, 0.2) is 11.4 Å². The maximum Gasteiger partial charge on any atom is 0.338 e.